The smallest absolute Gasteiger partial charge is 0.337 e. The highest BCUT2D eigenvalue weighted by Crippen LogP contribution is 2.27. The molecule has 7 nitrogen and oxygen atoms in total. The van der Waals surface area contributed by atoms with Crippen molar-refractivity contribution in [3.8, 4) is 17.2 Å². The number of aryl methyl sites for hydroxylation is 1. The summed E-state index contributed by atoms with van der Waals surface area (Å²) in [6.07, 6.45) is 2.55. The predicted octanol–water partition coefficient (Wildman–Crippen LogP) is 2.46. The van der Waals surface area contributed by atoms with Crippen molar-refractivity contribution in [2.24, 2.45) is 0 Å². The number of nitrogens with one attached hydrogen (secondary N) is 1. The molecule has 0 aliphatic rings. The van der Waals surface area contributed by atoms with Crippen molar-refractivity contribution in [3.05, 3.63) is 53.1 Å². The Morgan fingerprint density at radius 2 is 1.75 bits per heavy atom. The molecule has 0 aliphatic heterocycles. The van der Waals surface area contributed by atoms with Crippen molar-refractivity contribution in [3.63, 3.8) is 0 Å². The van der Waals surface area contributed by atoms with Crippen LogP contribution in [0.1, 0.15) is 21.5 Å². The Bertz CT molecular complexity index is 841. The monoisotopic (exact) mass is 329 g/mol. The molecule has 0 spiro atoms. The number of anilines is 1. The Hall–Kier alpha value is -3.48. The number of phenolic OH excluding ortho intramolecular Hbond substituents is 3. The van der Waals surface area contributed by atoms with E-state index in [0.717, 1.165) is 12.1 Å². The third-order valence-electron chi connectivity index (χ3n) is 3.23. The highest BCUT2D eigenvalue weighted by Gasteiger charge is 2.15. The fourth-order valence-electron chi connectivity index (χ4n) is 2.08. The first kappa shape index (κ1) is 16.9. The van der Waals surface area contributed by atoms with E-state index in [4.69, 9.17) is 5.11 Å². The molecule has 0 heterocycles. The summed E-state index contributed by atoms with van der Waals surface area (Å²) in [6, 6.07) is 6.43. The van der Waals surface area contributed by atoms with Crippen LogP contribution < -0.4 is 5.32 Å². The van der Waals surface area contributed by atoms with E-state index >= 15 is 0 Å². The van der Waals surface area contributed by atoms with Gasteiger partial charge in [-0.3, -0.25) is 4.79 Å². The molecule has 0 bridgehead atoms. The number of carboxylic acid groups (broad SMARTS) is 1. The van der Waals surface area contributed by atoms with Crippen LogP contribution in [0, 0.1) is 6.92 Å². The molecule has 0 aliphatic carbocycles. The molecule has 0 unspecified atom stereocenters. The molecular formula is C17H15NO6. The van der Waals surface area contributed by atoms with Gasteiger partial charge in [-0.15, -0.1) is 0 Å². The minimum absolute atomic E-state index is 0.0866. The number of carbonyl (C=O) groups is 2. The van der Waals surface area contributed by atoms with Crippen LogP contribution in [0.5, 0.6) is 17.2 Å². The Kier molecular flexibility index (Phi) is 4.74. The molecular weight excluding hydrogens is 314 g/mol. The second-order valence-corrected chi connectivity index (χ2v) is 5.06. The van der Waals surface area contributed by atoms with Gasteiger partial charge in [0.1, 0.15) is 5.75 Å². The van der Waals surface area contributed by atoms with E-state index in [0.29, 0.717) is 11.1 Å². The fraction of sp³-hybridized carbons (Fsp3) is 0.0588. The molecule has 5 N–H and O–H groups in total. The quantitative estimate of drug-likeness (QED) is 0.333. The Morgan fingerprint density at radius 1 is 1.04 bits per heavy atom. The van der Waals surface area contributed by atoms with Gasteiger partial charge in [0.2, 0.25) is 5.91 Å². The van der Waals surface area contributed by atoms with Gasteiger partial charge >= 0.3 is 5.97 Å². The average molecular weight is 329 g/mol. The van der Waals surface area contributed by atoms with Gasteiger partial charge in [0, 0.05) is 6.08 Å². The number of aromatic carboxylic acids is 1. The van der Waals surface area contributed by atoms with Crippen molar-refractivity contribution in [2.45, 2.75) is 6.92 Å². The summed E-state index contributed by atoms with van der Waals surface area (Å²) < 4.78 is 0. The van der Waals surface area contributed by atoms with Gasteiger partial charge in [-0.2, -0.15) is 0 Å². The van der Waals surface area contributed by atoms with Crippen molar-refractivity contribution < 1.29 is 30.0 Å². The topological polar surface area (TPSA) is 127 Å². The molecule has 2 aromatic carbocycles. The van der Waals surface area contributed by atoms with Crippen LogP contribution in [0.3, 0.4) is 0 Å². The highest BCUT2D eigenvalue weighted by molar-refractivity contribution is 6.07. The molecule has 0 saturated carbocycles. The SMILES string of the molecule is Cc1cc(O)cc(C(=O)O)c1NC(=O)C=Cc1ccc(O)c(O)c1. The van der Waals surface area contributed by atoms with Crippen LogP contribution in [0.15, 0.2) is 36.4 Å². The van der Waals surface area contributed by atoms with E-state index < -0.39 is 11.9 Å². The largest absolute Gasteiger partial charge is 0.508 e. The molecule has 0 radical (unpaired) electrons. The van der Waals surface area contributed by atoms with E-state index in [2.05, 4.69) is 5.32 Å². The van der Waals surface area contributed by atoms with Crippen molar-refractivity contribution in [2.75, 3.05) is 5.32 Å². The lowest BCUT2D eigenvalue weighted by atomic mass is 10.1. The molecule has 0 fully saturated rings. The summed E-state index contributed by atoms with van der Waals surface area (Å²) in [7, 11) is 0. The van der Waals surface area contributed by atoms with Crippen LogP contribution in [-0.4, -0.2) is 32.3 Å². The zero-order valence-electron chi connectivity index (χ0n) is 12.6. The van der Waals surface area contributed by atoms with E-state index in [-0.39, 0.29) is 28.5 Å². The third-order valence-corrected chi connectivity index (χ3v) is 3.23. The lowest BCUT2D eigenvalue weighted by Gasteiger charge is -2.11. The molecule has 24 heavy (non-hydrogen) atoms. The summed E-state index contributed by atoms with van der Waals surface area (Å²) in [4.78, 5) is 23.2. The lowest BCUT2D eigenvalue weighted by molar-refractivity contribution is -0.111. The summed E-state index contributed by atoms with van der Waals surface area (Å²) >= 11 is 0. The zero-order chi connectivity index (χ0) is 17.9. The minimum Gasteiger partial charge on any atom is -0.508 e. The van der Waals surface area contributed by atoms with Gasteiger partial charge in [-0.25, -0.2) is 4.79 Å². The summed E-state index contributed by atoms with van der Waals surface area (Å²) in [5.41, 5.74) is 0.734. The molecule has 1 amide bonds. The standard InChI is InChI=1S/C17H15NO6/c1-9-6-11(19)8-12(17(23)24)16(9)18-15(22)5-3-10-2-4-13(20)14(21)7-10/h2-8,19-21H,1H3,(H,18,22)(H,23,24). The molecule has 2 aromatic rings. The van der Waals surface area contributed by atoms with Crippen LogP contribution in [0.4, 0.5) is 5.69 Å². The van der Waals surface area contributed by atoms with Crippen molar-refractivity contribution >= 4 is 23.6 Å². The number of phenols is 3. The van der Waals surface area contributed by atoms with Crippen molar-refractivity contribution in [1.29, 1.82) is 0 Å². The average Bonchev–Trinajstić information content (AvgIpc) is 2.50. The second kappa shape index (κ2) is 6.74. The highest BCUT2D eigenvalue weighted by atomic mass is 16.4. The van der Waals surface area contributed by atoms with Gasteiger partial charge in [0.15, 0.2) is 11.5 Å². The van der Waals surface area contributed by atoms with Crippen molar-refractivity contribution in [1.82, 2.24) is 0 Å². The first-order valence-corrected chi connectivity index (χ1v) is 6.86. The third kappa shape index (κ3) is 3.83. The summed E-state index contributed by atoms with van der Waals surface area (Å²) in [6.45, 7) is 1.56. The molecule has 7 heteroatoms. The number of aromatic hydroxyl groups is 3. The zero-order valence-corrected chi connectivity index (χ0v) is 12.6. The first-order valence-electron chi connectivity index (χ1n) is 6.86. The van der Waals surface area contributed by atoms with Crippen LogP contribution >= 0.6 is 0 Å². The van der Waals surface area contributed by atoms with Gasteiger partial charge in [-0.1, -0.05) is 6.07 Å². The van der Waals surface area contributed by atoms with E-state index in [1.807, 2.05) is 0 Å². The Labute approximate surface area is 137 Å². The van der Waals surface area contributed by atoms with Crippen LogP contribution in [0.2, 0.25) is 0 Å². The summed E-state index contributed by atoms with van der Waals surface area (Å²) in [5.74, 6) is -2.67. The number of hydrogen-bond donors (Lipinski definition) is 5. The van der Waals surface area contributed by atoms with Gasteiger partial charge < -0.3 is 25.7 Å². The minimum atomic E-state index is -1.28. The number of carboxylic acids is 1. The van der Waals surface area contributed by atoms with Crippen LogP contribution in [0.25, 0.3) is 6.08 Å². The summed E-state index contributed by atoms with van der Waals surface area (Å²) in [5, 5.41) is 39.7. The Balaban J connectivity index is 2.22. The molecule has 0 saturated heterocycles. The maximum atomic E-state index is 12.0. The first-order chi connectivity index (χ1) is 11.3. The fourth-order valence-corrected chi connectivity index (χ4v) is 2.08. The van der Waals surface area contributed by atoms with Crippen LogP contribution in [-0.2, 0) is 4.79 Å². The molecule has 2 rings (SSSR count). The van der Waals surface area contributed by atoms with Gasteiger partial charge in [-0.05, 0) is 48.4 Å². The normalized spacial score (nSPS) is 10.7. The van der Waals surface area contributed by atoms with Gasteiger partial charge in [0.25, 0.3) is 0 Å². The Morgan fingerprint density at radius 3 is 2.38 bits per heavy atom. The number of rotatable bonds is 4. The van der Waals surface area contributed by atoms with Gasteiger partial charge in [0.05, 0.1) is 11.3 Å². The molecule has 124 valence electrons. The number of amides is 1. The predicted molar refractivity (Wildman–Crippen MR) is 87.2 cm³/mol. The molecule has 0 atom stereocenters. The van der Waals surface area contributed by atoms with E-state index in [9.17, 15) is 24.9 Å². The lowest BCUT2D eigenvalue weighted by Crippen LogP contribution is -2.13. The second-order valence-electron chi connectivity index (χ2n) is 5.06. The maximum absolute atomic E-state index is 12.0. The van der Waals surface area contributed by atoms with E-state index in [1.54, 1.807) is 6.92 Å². The maximum Gasteiger partial charge on any atom is 0.337 e. The molecule has 0 aromatic heterocycles. The number of benzene rings is 2. The van der Waals surface area contributed by atoms with E-state index in [1.165, 1.54) is 30.3 Å². The number of carbonyl (C=O) groups excluding carboxylic acids is 1. The number of hydrogen-bond acceptors (Lipinski definition) is 5.